The van der Waals surface area contributed by atoms with Crippen LogP contribution < -0.4 is 15.0 Å². The lowest BCUT2D eigenvalue weighted by atomic mass is 10.2. The van der Waals surface area contributed by atoms with Gasteiger partial charge < -0.3 is 10.1 Å². The van der Waals surface area contributed by atoms with Crippen molar-refractivity contribution in [3.05, 3.63) is 52.5 Å². The summed E-state index contributed by atoms with van der Waals surface area (Å²) in [7, 11) is 3.10. The monoisotopic (exact) mass is 435 g/mol. The molecule has 0 spiro atoms. The lowest BCUT2D eigenvalue weighted by Crippen LogP contribution is -2.43. The Labute approximate surface area is 178 Å². The summed E-state index contributed by atoms with van der Waals surface area (Å²) in [6.07, 6.45) is -0.0294. The number of imide groups is 1. The molecule has 0 saturated carbocycles. The van der Waals surface area contributed by atoms with Gasteiger partial charge in [0.1, 0.15) is 5.75 Å². The SMILES string of the molecule is COc1ccc(N2C(=O)C[C@H](N(C)CC(=O)Nc3ccccc3Cl)C2=O)cc1Cl. The van der Waals surface area contributed by atoms with Gasteiger partial charge in [-0.2, -0.15) is 0 Å². The molecule has 3 rings (SSSR count). The Morgan fingerprint density at radius 1 is 1.21 bits per heavy atom. The Morgan fingerprint density at radius 2 is 1.93 bits per heavy atom. The van der Waals surface area contributed by atoms with E-state index < -0.39 is 11.9 Å². The number of benzene rings is 2. The molecule has 0 aromatic heterocycles. The van der Waals surface area contributed by atoms with Crippen molar-refractivity contribution < 1.29 is 19.1 Å². The third kappa shape index (κ3) is 4.53. The molecule has 2 aromatic carbocycles. The summed E-state index contributed by atoms with van der Waals surface area (Å²) < 4.78 is 5.09. The van der Waals surface area contributed by atoms with Gasteiger partial charge in [-0.1, -0.05) is 35.3 Å². The average Bonchev–Trinajstić information content (AvgIpc) is 2.98. The number of nitrogens with one attached hydrogen (secondary N) is 1. The van der Waals surface area contributed by atoms with Crippen molar-refractivity contribution >= 4 is 52.3 Å². The number of ether oxygens (including phenoxy) is 1. The predicted octanol–water partition coefficient (Wildman–Crippen LogP) is 3.20. The van der Waals surface area contributed by atoms with E-state index in [-0.39, 0.29) is 24.8 Å². The van der Waals surface area contributed by atoms with Crippen molar-refractivity contribution in [3.63, 3.8) is 0 Å². The van der Waals surface area contributed by atoms with E-state index in [1.165, 1.54) is 18.1 Å². The van der Waals surface area contributed by atoms with Crippen LogP contribution in [0.25, 0.3) is 0 Å². The number of likely N-dealkylation sites (N-methyl/N-ethyl adjacent to an activating group) is 1. The third-order valence-corrected chi connectivity index (χ3v) is 5.21. The molecule has 1 N–H and O–H groups in total. The Balaban J connectivity index is 1.69. The second-order valence-electron chi connectivity index (χ2n) is 6.55. The maximum Gasteiger partial charge on any atom is 0.251 e. The van der Waals surface area contributed by atoms with E-state index in [0.29, 0.717) is 27.2 Å². The van der Waals surface area contributed by atoms with E-state index in [1.807, 2.05) is 0 Å². The number of amides is 3. The number of para-hydroxylation sites is 1. The Morgan fingerprint density at radius 3 is 2.59 bits per heavy atom. The van der Waals surface area contributed by atoms with Crippen LogP contribution in [-0.4, -0.2) is 49.4 Å². The minimum absolute atomic E-state index is 0.0294. The molecule has 29 heavy (non-hydrogen) atoms. The van der Waals surface area contributed by atoms with Gasteiger partial charge >= 0.3 is 0 Å². The zero-order chi connectivity index (χ0) is 21.1. The van der Waals surface area contributed by atoms with E-state index in [1.54, 1.807) is 43.4 Å². The van der Waals surface area contributed by atoms with Crippen LogP contribution in [0.15, 0.2) is 42.5 Å². The number of halogens is 2. The Kier molecular flexibility index (Phi) is 6.42. The standard InChI is InChI=1S/C20H19Cl2N3O4/c1-24(11-18(26)23-15-6-4-3-5-13(15)21)16-10-19(27)25(20(16)28)12-7-8-17(29-2)14(22)9-12/h3-9,16H,10-11H2,1-2H3,(H,23,26)/t16-/m0/s1. The molecular weight excluding hydrogens is 417 g/mol. The zero-order valence-electron chi connectivity index (χ0n) is 15.8. The number of hydrogen-bond donors (Lipinski definition) is 1. The third-order valence-electron chi connectivity index (χ3n) is 4.59. The van der Waals surface area contributed by atoms with E-state index in [4.69, 9.17) is 27.9 Å². The number of carbonyl (C=O) groups excluding carboxylic acids is 3. The van der Waals surface area contributed by atoms with Crippen LogP contribution in [0.5, 0.6) is 5.75 Å². The number of anilines is 2. The van der Waals surface area contributed by atoms with Gasteiger partial charge in [0.25, 0.3) is 5.91 Å². The second-order valence-corrected chi connectivity index (χ2v) is 7.36. The first-order valence-corrected chi connectivity index (χ1v) is 9.52. The van der Waals surface area contributed by atoms with Crippen LogP contribution in [0.4, 0.5) is 11.4 Å². The molecule has 2 aromatic rings. The van der Waals surface area contributed by atoms with Crippen LogP contribution in [0, 0.1) is 0 Å². The van der Waals surface area contributed by atoms with Crippen molar-refractivity contribution in [1.82, 2.24) is 4.90 Å². The number of hydrogen-bond acceptors (Lipinski definition) is 5. The van der Waals surface area contributed by atoms with E-state index in [9.17, 15) is 14.4 Å². The molecule has 0 radical (unpaired) electrons. The van der Waals surface area contributed by atoms with Gasteiger partial charge in [-0.25, -0.2) is 4.90 Å². The van der Waals surface area contributed by atoms with Crippen LogP contribution in [0.3, 0.4) is 0 Å². The molecule has 7 nitrogen and oxygen atoms in total. The molecule has 1 aliphatic heterocycles. The molecule has 1 atom stereocenters. The van der Waals surface area contributed by atoms with Gasteiger partial charge in [-0.3, -0.25) is 19.3 Å². The van der Waals surface area contributed by atoms with Gasteiger partial charge in [-0.15, -0.1) is 0 Å². The second kappa shape index (κ2) is 8.82. The summed E-state index contributed by atoms with van der Waals surface area (Å²) in [5.74, 6) is -0.671. The number of nitrogens with zero attached hydrogens (tertiary/aromatic N) is 2. The molecule has 0 unspecified atom stereocenters. The molecule has 1 aliphatic rings. The lowest BCUT2D eigenvalue weighted by Gasteiger charge is -2.22. The Hall–Kier alpha value is -2.61. The van der Waals surface area contributed by atoms with Gasteiger partial charge in [0.2, 0.25) is 11.8 Å². The quantitative estimate of drug-likeness (QED) is 0.704. The molecule has 0 aliphatic carbocycles. The Bertz CT molecular complexity index is 966. The van der Waals surface area contributed by atoms with Crippen LogP contribution >= 0.6 is 23.2 Å². The summed E-state index contributed by atoms with van der Waals surface area (Å²) in [4.78, 5) is 40.3. The zero-order valence-corrected chi connectivity index (χ0v) is 17.3. The fourth-order valence-electron chi connectivity index (χ4n) is 3.11. The van der Waals surface area contributed by atoms with Crippen LogP contribution in [0.2, 0.25) is 10.0 Å². The topological polar surface area (TPSA) is 79.0 Å². The highest BCUT2D eigenvalue weighted by molar-refractivity contribution is 6.34. The van der Waals surface area contributed by atoms with Crippen molar-refractivity contribution in [1.29, 1.82) is 0 Å². The van der Waals surface area contributed by atoms with Crippen molar-refractivity contribution in [2.24, 2.45) is 0 Å². The summed E-state index contributed by atoms with van der Waals surface area (Å²) in [6, 6.07) is 10.8. The number of rotatable bonds is 6. The maximum atomic E-state index is 12.9. The van der Waals surface area contributed by atoms with E-state index in [0.717, 1.165) is 4.90 Å². The summed E-state index contributed by atoms with van der Waals surface area (Å²) in [5, 5.41) is 3.41. The average molecular weight is 436 g/mol. The molecule has 152 valence electrons. The molecule has 9 heteroatoms. The summed E-state index contributed by atoms with van der Waals surface area (Å²) in [6.45, 7) is -0.0773. The van der Waals surface area contributed by atoms with Gasteiger partial charge in [-0.05, 0) is 37.4 Å². The fraction of sp³-hybridized carbons (Fsp3) is 0.250. The predicted molar refractivity (Wildman–Crippen MR) is 112 cm³/mol. The highest BCUT2D eigenvalue weighted by Crippen LogP contribution is 2.32. The molecule has 0 bridgehead atoms. The minimum Gasteiger partial charge on any atom is -0.495 e. The molecule has 1 saturated heterocycles. The summed E-state index contributed by atoms with van der Waals surface area (Å²) in [5.41, 5.74) is 0.845. The van der Waals surface area contributed by atoms with Crippen molar-refractivity contribution in [3.8, 4) is 5.75 Å². The first-order chi connectivity index (χ1) is 13.8. The fourth-order valence-corrected chi connectivity index (χ4v) is 3.55. The van der Waals surface area contributed by atoms with E-state index >= 15 is 0 Å². The molecule has 3 amide bonds. The van der Waals surface area contributed by atoms with Crippen molar-refractivity contribution in [2.45, 2.75) is 12.5 Å². The van der Waals surface area contributed by atoms with E-state index in [2.05, 4.69) is 5.32 Å². The van der Waals surface area contributed by atoms with Gasteiger partial charge in [0.15, 0.2) is 0 Å². The lowest BCUT2D eigenvalue weighted by molar-refractivity contribution is -0.123. The van der Waals surface area contributed by atoms with Crippen LogP contribution in [0.1, 0.15) is 6.42 Å². The number of methoxy groups -OCH3 is 1. The molecule has 1 fully saturated rings. The normalized spacial score (nSPS) is 16.4. The minimum atomic E-state index is -0.750. The highest BCUT2D eigenvalue weighted by Gasteiger charge is 2.42. The summed E-state index contributed by atoms with van der Waals surface area (Å²) >= 11 is 12.2. The van der Waals surface area contributed by atoms with Crippen molar-refractivity contribution in [2.75, 3.05) is 30.9 Å². The largest absolute Gasteiger partial charge is 0.495 e. The van der Waals surface area contributed by atoms with Gasteiger partial charge in [0.05, 0.1) is 47.5 Å². The highest BCUT2D eigenvalue weighted by atomic mass is 35.5. The first kappa shape index (κ1) is 21.1. The molecular formula is C20H19Cl2N3O4. The molecule has 1 heterocycles. The number of carbonyl (C=O) groups is 3. The smallest absolute Gasteiger partial charge is 0.251 e. The van der Waals surface area contributed by atoms with Crippen LogP contribution in [-0.2, 0) is 14.4 Å². The first-order valence-electron chi connectivity index (χ1n) is 8.76. The maximum absolute atomic E-state index is 12.9. The van der Waals surface area contributed by atoms with Gasteiger partial charge in [0, 0.05) is 0 Å².